The van der Waals surface area contributed by atoms with Gasteiger partial charge in [0.15, 0.2) is 0 Å². The lowest BCUT2D eigenvalue weighted by Gasteiger charge is -2.39. The third kappa shape index (κ3) is 5.24. The molecule has 0 aliphatic carbocycles. The number of ether oxygens (including phenoxy) is 3. The van der Waals surface area contributed by atoms with Crippen molar-refractivity contribution in [2.24, 2.45) is 0 Å². The Balaban J connectivity index is 2.01. The van der Waals surface area contributed by atoms with E-state index in [1.54, 1.807) is 26.0 Å². The molecule has 32 heavy (non-hydrogen) atoms. The minimum atomic E-state index is -2.52. The molecule has 0 saturated carbocycles. The van der Waals surface area contributed by atoms with E-state index in [0.29, 0.717) is 5.75 Å². The number of rotatable bonds is 8. The zero-order valence-corrected chi connectivity index (χ0v) is 18.7. The van der Waals surface area contributed by atoms with Crippen LogP contribution in [0.5, 0.6) is 11.6 Å². The molecule has 178 valence electrons. The number of aliphatic hydroxyl groups is 4. The molecule has 0 spiro atoms. The largest absolute Gasteiger partial charge is 0.491 e. The van der Waals surface area contributed by atoms with Crippen molar-refractivity contribution >= 4 is 0 Å². The van der Waals surface area contributed by atoms with Crippen LogP contribution in [-0.4, -0.2) is 73.6 Å². The monoisotopic (exact) mass is 453 g/mol. The van der Waals surface area contributed by atoms with E-state index in [4.69, 9.17) is 18.3 Å². The molecule has 1 aliphatic rings. The van der Waals surface area contributed by atoms with Gasteiger partial charge in [-0.2, -0.15) is 0 Å². The Morgan fingerprint density at radius 2 is 1.78 bits per heavy atom. The maximum absolute atomic E-state index is 10.4. The summed E-state index contributed by atoms with van der Waals surface area (Å²) in [6.45, 7) is 4.25. The molecule has 4 N–H and O–H groups in total. The van der Waals surface area contributed by atoms with Crippen LogP contribution in [0.3, 0.4) is 0 Å². The standard InChI is InChI=1S/C23H34N2O7/c1-12(2)25-14(5)17(10-15-6-8-16(9-7-15)30-13(3)4)22(24-25)32-23-21(29)20(28)19(27)18(11-26)31-23/h6-9,12-13,18-21,23,26-29H,10-11H2,1-5H3/t18-,19-,20+,21-,23+/m1/s1/i5D3. The van der Waals surface area contributed by atoms with Gasteiger partial charge in [0.1, 0.15) is 30.2 Å². The van der Waals surface area contributed by atoms with Crippen LogP contribution in [0.15, 0.2) is 24.3 Å². The first-order chi connectivity index (χ1) is 16.3. The Hall–Kier alpha value is -2.17. The number of benzene rings is 1. The van der Waals surface area contributed by atoms with E-state index in [2.05, 4.69) is 5.10 Å². The molecule has 0 unspecified atom stereocenters. The van der Waals surface area contributed by atoms with Crippen molar-refractivity contribution in [3.63, 3.8) is 0 Å². The normalized spacial score (nSPS) is 27.8. The van der Waals surface area contributed by atoms with Gasteiger partial charge < -0.3 is 34.6 Å². The Labute approximate surface area is 192 Å². The predicted octanol–water partition coefficient (Wildman–Crippen LogP) is 1.33. The first kappa shape index (κ1) is 20.4. The molecule has 1 saturated heterocycles. The van der Waals surface area contributed by atoms with Gasteiger partial charge in [0, 0.05) is 27.8 Å². The van der Waals surface area contributed by atoms with Crippen molar-refractivity contribution in [3.8, 4) is 11.6 Å². The summed E-state index contributed by atoms with van der Waals surface area (Å²) >= 11 is 0. The van der Waals surface area contributed by atoms with Gasteiger partial charge in [0.2, 0.25) is 12.2 Å². The predicted molar refractivity (Wildman–Crippen MR) is 117 cm³/mol. The maximum Gasteiger partial charge on any atom is 0.239 e. The highest BCUT2D eigenvalue weighted by molar-refractivity contribution is 5.38. The smallest absolute Gasteiger partial charge is 0.239 e. The van der Waals surface area contributed by atoms with E-state index < -0.39 is 44.2 Å². The van der Waals surface area contributed by atoms with Gasteiger partial charge in [-0.15, -0.1) is 5.10 Å². The molecule has 1 aliphatic heterocycles. The molecule has 9 nitrogen and oxygen atoms in total. The topological polar surface area (TPSA) is 126 Å². The van der Waals surface area contributed by atoms with Gasteiger partial charge in [-0.1, -0.05) is 12.1 Å². The summed E-state index contributed by atoms with van der Waals surface area (Å²) in [5.41, 5.74) is 1.02. The van der Waals surface area contributed by atoms with Crippen LogP contribution in [0.25, 0.3) is 0 Å². The Morgan fingerprint density at radius 3 is 2.34 bits per heavy atom. The van der Waals surface area contributed by atoms with Gasteiger partial charge >= 0.3 is 0 Å². The van der Waals surface area contributed by atoms with Crippen LogP contribution in [0.4, 0.5) is 0 Å². The van der Waals surface area contributed by atoms with Crippen LogP contribution in [0.1, 0.15) is 54.7 Å². The number of aromatic nitrogens is 2. The Kier molecular flexibility index (Phi) is 6.50. The van der Waals surface area contributed by atoms with Crippen LogP contribution in [0, 0.1) is 6.85 Å². The van der Waals surface area contributed by atoms with Gasteiger partial charge in [-0.25, -0.2) is 0 Å². The first-order valence-electron chi connectivity index (χ1n) is 12.2. The molecule has 0 radical (unpaired) electrons. The molecule has 0 bridgehead atoms. The number of nitrogens with zero attached hydrogens (tertiary/aromatic N) is 2. The minimum Gasteiger partial charge on any atom is -0.491 e. The van der Waals surface area contributed by atoms with Crippen molar-refractivity contribution < 1.29 is 38.7 Å². The third-order valence-electron chi connectivity index (χ3n) is 5.21. The molecule has 2 aromatic rings. The SMILES string of the molecule is [2H]C([2H])([2H])c1c(Cc2ccc(OC(C)C)cc2)c(O[C@@H]2O[C@H](CO)[C@@H](O)[C@H](O)[C@H]2O)nn1C(C)C. The summed E-state index contributed by atoms with van der Waals surface area (Å²) in [5.74, 6) is 0.590. The van der Waals surface area contributed by atoms with Crippen molar-refractivity contribution in [2.45, 2.75) is 83.8 Å². The average Bonchev–Trinajstić information content (AvgIpc) is 3.13. The Bertz CT molecular complexity index is 977. The van der Waals surface area contributed by atoms with E-state index in [1.165, 1.54) is 4.68 Å². The van der Waals surface area contributed by atoms with Crippen molar-refractivity contribution in [2.75, 3.05) is 6.61 Å². The summed E-state index contributed by atoms with van der Waals surface area (Å²) in [7, 11) is 0. The van der Waals surface area contributed by atoms with Crippen LogP contribution in [-0.2, 0) is 11.2 Å². The lowest BCUT2D eigenvalue weighted by Crippen LogP contribution is -2.60. The van der Waals surface area contributed by atoms with Gasteiger partial charge in [0.05, 0.1) is 12.7 Å². The fourth-order valence-electron chi connectivity index (χ4n) is 3.51. The number of hydrogen-bond donors (Lipinski definition) is 4. The zero-order chi connectivity index (χ0) is 26.1. The van der Waals surface area contributed by atoms with E-state index in [9.17, 15) is 20.4 Å². The molecular weight excluding hydrogens is 416 g/mol. The average molecular weight is 454 g/mol. The molecule has 3 rings (SSSR count). The summed E-state index contributed by atoms with van der Waals surface area (Å²) in [6, 6.07) is 6.87. The quantitative estimate of drug-likeness (QED) is 0.472. The molecular formula is C23H34N2O7. The van der Waals surface area contributed by atoms with Crippen LogP contribution >= 0.6 is 0 Å². The first-order valence-corrected chi connectivity index (χ1v) is 10.7. The second-order valence-electron chi connectivity index (χ2n) is 8.47. The van der Waals surface area contributed by atoms with Crippen LogP contribution in [0.2, 0.25) is 0 Å². The molecule has 0 amide bonds. The van der Waals surface area contributed by atoms with Crippen LogP contribution < -0.4 is 9.47 Å². The lowest BCUT2D eigenvalue weighted by atomic mass is 9.99. The van der Waals surface area contributed by atoms with E-state index in [-0.39, 0.29) is 35.7 Å². The summed E-state index contributed by atoms with van der Waals surface area (Å²) < 4.78 is 42.6. The third-order valence-corrected chi connectivity index (χ3v) is 5.21. The molecule has 1 fully saturated rings. The van der Waals surface area contributed by atoms with Gasteiger partial charge in [-0.3, -0.25) is 4.68 Å². The summed E-state index contributed by atoms with van der Waals surface area (Å²) in [4.78, 5) is 0. The molecule has 2 heterocycles. The molecule has 1 aromatic heterocycles. The van der Waals surface area contributed by atoms with Gasteiger partial charge in [-0.05, 0) is 52.2 Å². The lowest BCUT2D eigenvalue weighted by molar-refractivity contribution is -0.278. The van der Waals surface area contributed by atoms with Crippen molar-refractivity contribution in [1.29, 1.82) is 0 Å². The van der Waals surface area contributed by atoms with Gasteiger partial charge in [0.25, 0.3) is 0 Å². The fourth-order valence-corrected chi connectivity index (χ4v) is 3.51. The van der Waals surface area contributed by atoms with Crippen molar-refractivity contribution in [3.05, 3.63) is 41.1 Å². The molecule has 9 heteroatoms. The number of aliphatic hydroxyl groups excluding tert-OH is 4. The Morgan fingerprint density at radius 1 is 1.09 bits per heavy atom. The summed E-state index contributed by atoms with van der Waals surface area (Å²) in [6.07, 6.45) is -7.37. The zero-order valence-electron chi connectivity index (χ0n) is 21.7. The van der Waals surface area contributed by atoms with E-state index in [0.717, 1.165) is 5.56 Å². The minimum absolute atomic E-state index is 0.00539. The molecule has 5 atom stereocenters. The summed E-state index contributed by atoms with van der Waals surface area (Å²) in [5, 5.41) is 44.4. The highest BCUT2D eigenvalue weighted by Gasteiger charge is 2.45. The highest BCUT2D eigenvalue weighted by Crippen LogP contribution is 2.31. The second kappa shape index (κ2) is 10.2. The van der Waals surface area contributed by atoms with Crippen molar-refractivity contribution in [1.82, 2.24) is 9.78 Å². The number of hydrogen-bond acceptors (Lipinski definition) is 8. The molecule has 1 aromatic carbocycles. The van der Waals surface area contributed by atoms with E-state index >= 15 is 0 Å². The maximum atomic E-state index is 10.4. The fraction of sp³-hybridized carbons (Fsp3) is 0.609. The van der Waals surface area contributed by atoms with E-state index in [1.807, 2.05) is 26.0 Å². The second-order valence-corrected chi connectivity index (χ2v) is 8.47. The highest BCUT2D eigenvalue weighted by atomic mass is 16.7.